The van der Waals surface area contributed by atoms with Crippen molar-refractivity contribution in [1.29, 1.82) is 0 Å². The minimum absolute atomic E-state index is 1.31. The number of rotatable bonds is 2. The summed E-state index contributed by atoms with van der Waals surface area (Å²) in [6, 6.07) is 21.3. The number of allylic oxidation sites excluding steroid dienone is 1. The predicted molar refractivity (Wildman–Crippen MR) is 93.3 cm³/mol. The largest absolute Gasteiger partial charge is 0.0810 e. The Morgan fingerprint density at radius 2 is 1.05 bits per heavy atom. The molecule has 1 aliphatic rings. The molecule has 0 aliphatic carbocycles. The van der Waals surface area contributed by atoms with Crippen molar-refractivity contribution >= 4 is 33.3 Å². The smallest absolute Gasteiger partial charge is 0.0486 e. The Bertz CT molecular complexity index is 610. The molecule has 0 unspecified atom stereocenters. The van der Waals surface area contributed by atoms with Crippen LogP contribution < -0.4 is 0 Å². The van der Waals surface area contributed by atoms with Crippen molar-refractivity contribution in [2.24, 2.45) is 0 Å². The summed E-state index contributed by atoms with van der Waals surface area (Å²) >= 11 is 3.79. The first-order chi connectivity index (χ1) is 9.75. The normalized spacial score (nSPS) is 14.8. The average molecular weight is 296 g/mol. The topological polar surface area (TPSA) is 0 Å². The molecule has 0 fully saturated rings. The Hall–Kier alpha value is -1.38. The molecule has 100 valence electrons. The van der Waals surface area contributed by atoms with Gasteiger partial charge in [-0.3, -0.25) is 0 Å². The molecule has 0 saturated heterocycles. The van der Waals surface area contributed by atoms with Gasteiger partial charge in [-0.05, 0) is 25.0 Å². The summed E-state index contributed by atoms with van der Waals surface area (Å²) in [6.45, 7) is 4.37. The van der Waals surface area contributed by atoms with E-state index in [9.17, 15) is 0 Å². The van der Waals surface area contributed by atoms with Gasteiger partial charge >= 0.3 is 0 Å². The van der Waals surface area contributed by atoms with Gasteiger partial charge in [-0.1, -0.05) is 89.8 Å². The Balaban J connectivity index is 2.12. The second-order valence-electron chi connectivity index (χ2n) is 4.88. The zero-order valence-electron chi connectivity index (χ0n) is 11.6. The maximum absolute atomic E-state index is 2.19. The summed E-state index contributed by atoms with van der Waals surface area (Å²) in [5.41, 5.74) is 4.00. The molecule has 0 amide bonds. The van der Waals surface area contributed by atoms with Gasteiger partial charge in [0.25, 0.3) is 0 Å². The zero-order valence-corrected chi connectivity index (χ0v) is 13.2. The lowest BCUT2D eigenvalue weighted by atomic mass is 10.1. The minimum atomic E-state index is 1.31. The number of hydrogen-bond acceptors (Lipinski definition) is 2. The SMILES string of the molecule is CC(C)=C1SC(c2ccccc2)=C(c2ccccc2)S1. The van der Waals surface area contributed by atoms with Crippen molar-refractivity contribution in [3.05, 3.63) is 81.6 Å². The van der Waals surface area contributed by atoms with Crippen molar-refractivity contribution in [3.8, 4) is 0 Å². The van der Waals surface area contributed by atoms with Crippen molar-refractivity contribution in [3.63, 3.8) is 0 Å². The lowest BCUT2D eigenvalue weighted by molar-refractivity contribution is 1.41. The monoisotopic (exact) mass is 296 g/mol. The molecule has 0 N–H and O–H groups in total. The van der Waals surface area contributed by atoms with Crippen LogP contribution in [0.2, 0.25) is 0 Å². The van der Waals surface area contributed by atoms with Crippen molar-refractivity contribution < 1.29 is 0 Å². The average Bonchev–Trinajstić information content (AvgIpc) is 2.94. The molecule has 2 heteroatoms. The Morgan fingerprint density at radius 3 is 1.40 bits per heavy atom. The molecule has 0 bridgehead atoms. The molecule has 1 aliphatic heterocycles. The van der Waals surface area contributed by atoms with E-state index in [2.05, 4.69) is 74.5 Å². The standard InChI is InChI=1S/C18H16S2/c1-13(2)18-19-16(14-9-5-3-6-10-14)17(20-18)15-11-7-4-8-12-15/h3-12H,1-2H3. The van der Waals surface area contributed by atoms with Gasteiger partial charge in [0.1, 0.15) is 0 Å². The number of thioether (sulfide) groups is 2. The fourth-order valence-corrected chi connectivity index (χ4v) is 4.69. The molecular weight excluding hydrogens is 280 g/mol. The molecular formula is C18H16S2. The predicted octanol–water partition coefficient (Wildman–Crippen LogP) is 6.24. The first-order valence-corrected chi connectivity index (χ1v) is 8.27. The highest BCUT2D eigenvalue weighted by Gasteiger charge is 2.23. The van der Waals surface area contributed by atoms with Crippen LogP contribution in [0.3, 0.4) is 0 Å². The molecule has 0 spiro atoms. The van der Waals surface area contributed by atoms with Gasteiger partial charge in [0.15, 0.2) is 0 Å². The summed E-state index contributed by atoms with van der Waals surface area (Å²) < 4.78 is 1.41. The van der Waals surface area contributed by atoms with Gasteiger partial charge in [-0.2, -0.15) is 0 Å². The van der Waals surface area contributed by atoms with Crippen LogP contribution in [0.4, 0.5) is 0 Å². The molecule has 2 aromatic rings. The fraction of sp³-hybridized carbons (Fsp3) is 0.111. The van der Waals surface area contributed by atoms with Crippen molar-refractivity contribution in [1.82, 2.24) is 0 Å². The van der Waals surface area contributed by atoms with E-state index >= 15 is 0 Å². The van der Waals surface area contributed by atoms with Crippen LogP contribution in [0.25, 0.3) is 9.81 Å². The maximum Gasteiger partial charge on any atom is 0.0486 e. The second kappa shape index (κ2) is 5.94. The van der Waals surface area contributed by atoms with Crippen LogP contribution in [-0.2, 0) is 0 Å². The lowest BCUT2D eigenvalue weighted by Crippen LogP contribution is -1.81. The molecule has 0 nitrogen and oxygen atoms in total. The maximum atomic E-state index is 2.19. The number of benzene rings is 2. The highest BCUT2D eigenvalue weighted by Crippen LogP contribution is 2.58. The van der Waals surface area contributed by atoms with Gasteiger partial charge in [0.2, 0.25) is 0 Å². The molecule has 3 rings (SSSR count). The molecule has 20 heavy (non-hydrogen) atoms. The van der Waals surface area contributed by atoms with E-state index in [0.29, 0.717) is 0 Å². The third kappa shape index (κ3) is 2.72. The molecule has 0 aromatic heterocycles. The first kappa shape index (κ1) is 13.6. The zero-order chi connectivity index (χ0) is 13.9. The van der Waals surface area contributed by atoms with Gasteiger partial charge < -0.3 is 0 Å². The fourth-order valence-electron chi connectivity index (χ4n) is 2.06. The van der Waals surface area contributed by atoms with E-state index in [1.807, 2.05) is 23.5 Å². The van der Waals surface area contributed by atoms with E-state index in [1.54, 1.807) is 0 Å². The third-order valence-electron chi connectivity index (χ3n) is 3.08. The van der Waals surface area contributed by atoms with Gasteiger partial charge in [0.05, 0.1) is 0 Å². The van der Waals surface area contributed by atoms with Crippen molar-refractivity contribution in [2.45, 2.75) is 13.8 Å². The lowest BCUT2D eigenvalue weighted by Gasteiger charge is -2.05. The van der Waals surface area contributed by atoms with Gasteiger partial charge in [-0.15, -0.1) is 0 Å². The molecule has 2 aromatic carbocycles. The molecule has 1 heterocycles. The Kier molecular flexibility index (Phi) is 4.04. The highest BCUT2D eigenvalue weighted by molar-refractivity contribution is 8.34. The molecule has 0 atom stereocenters. The number of hydrogen-bond donors (Lipinski definition) is 0. The summed E-state index contributed by atoms with van der Waals surface area (Å²) in [5, 5.41) is 0. The van der Waals surface area contributed by atoms with Gasteiger partial charge in [-0.25, -0.2) is 0 Å². The molecule has 0 radical (unpaired) electrons. The molecule has 0 saturated carbocycles. The van der Waals surface area contributed by atoms with E-state index in [4.69, 9.17) is 0 Å². The third-order valence-corrected chi connectivity index (χ3v) is 6.18. The van der Waals surface area contributed by atoms with E-state index < -0.39 is 0 Å². The summed E-state index contributed by atoms with van der Waals surface area (Å²) in [6.07, 6.45) is 0. The van der Waals surface area contributed by atoms with Crippen molar-refractivity contribution in [2.75, 3.05) is 0 Å². The van der Waals surface area contributed by atoms with Gasteiger partial charge in [0, 0.05) is 14.0 Å². The van der Waals surface area contributed by atoms with Crippen LogP contribution in [0.1, 0.15) is 25.0 Å². The second-order valence-corrected chi connectivity index (χ2v) is 7.18. The summed E-state index contributed by atoms with van der Waals surface area (Å²) in [5.74, 6) is 0. The minimum Gasteiger partial charge on any atom is -0.0810 e. The van der Waals surface area contributed by atoms with Crippen LogP contribution in [0.15, 0.2) is 70.5 Å². The van der Waals surface area contributed by atoms with Crippen LogP contribution in [0, 0.1) is 0 Å². The van der Waals surface area contributed by atoms with E-state index in [0.717, 1.165) is 0 Å². The highest BCUT2D eigenvalue weighted by atomic mass is 32.2. The Labute approximate surface area is 129 Å². The van der Waals surface area contributed by atoms with Crippen LogP contribution >= 0.6 is 23.5 Å². The van der Waals surface area contributed by atoms with E-state index in [1.165, 1.54) is 30.7 Å². The van der Waals surface area contributed by atoms with Crippen LogP contribution in [0.5, 0.6) is 0 Å². The quantitative estimate of drug-likeness (QED) is 0.643. The van der Waals surface area contributed by atoms with Crippen LogP contribution in [-0.4, -0.2) is 0 Å². The summed E-state index contributed by atoms with van der Waals surface area (Å²) in [4.78, 5) is 2.75. The Morgan fingerprint density at radius 1 is 0.650 bits per heavy atom. The first-order valence-electron chi connectivity index (χ1n) is 6.64. The summed E-state index contributed by atoms with van der Waals surface area (Å²) in [7, 11) is 0. The van der Waals surface area contributed by atoms with E-state index in [-0.39, 0.29) is 0 Å².